The SMILES string of the molecule is O=C([O-])CC(O)(CC(=O)[O-])C(=O)O.O=C([O-])CCC(=O)[O-].[Fe+2].[Fe+2]. The van der Waals surface area contributed by atoms with Crippen LogP contribution in [0.3, 0.4) is 0 Å². The first-order chi connectivity index (χ1) is 9.40. The molecule has 0 heterocycles. The molecule has 0 aliphatic rings. The maximum absolute atomic E-state index is 10.3. The zero-order valence-corrected chi connectivity index (χ0v) is 13.3. The molecule has 132 valence electrons. The zero-order valence-electron chi connectivity index (χ0n) is 11.1. The van der Waals surface area contributed by atoms with Crippen molar-refractivity contribution in [3.63, 3.8) is 0 Å². The van der Waals surface area contributed by atoms with Crippen molar-refractivity contribution in [2.45, 2.75) is 31.3 Å². The molecule has 0 aromatic carbocycles. The number of hydrogen-bond acceptors (Lipinski definition) is 10. The summed E-state index contributed by atoms with van der Waals surface area (Å²) in [5.41, 5.74) is -2.86. The Hall–Kier alpha value is -1.65. The molecule has 0 rings (SSSR count). The molecule has 23 heavy (non-hydrogen) atoms. The second-order valence-electron chi connectivity index (χ2n) is 3.68. The van der Waals surface area contributed by atoms with Crippen LogP contribution < -0.4 is 20.4 Å². The van der Waals surface area contributed by atoms with Gasteiger partial charge in [0.25, 0.3) is 0 Å². The van der Waals surface area contributed by atoms with E-state index in [4.69, 9.17) is 10.2 Å². The third-order valence-corrected chi connectivity index (χ3v) is 1.80. The van der Waals surface area contributed by atoms with Crippen molar-refractivity contribution in [2.24, 2.45) is 0 Å². The molecule has 11 nitrogen and oxygen atoms in total. The van der Waals surface area contributed by atoms with Crippen LogP contribution in [-0.2, 0) is 58.1 Å². The average Bonchev–Trinajstić information content (AvgIpc) is 2.24. The molecule has 0 atom stereocenters. The van der Waals surface area contributed by atoms with E-state index in [0.29, 0.717) is 0 Å². The Balaban J connectivity index is -0.000000158. The van der Waals surface area contributed by atoms with E-state index in [1.54, 1.807) is 0 Å². The van der Waals surface area contributed by atoms with Gasteiger partial charge >= 0.3 is 40.1 Å². The maximum Gasteiger partial charge on any atom is 2.00 e. The summed E-state index contributed by atoms with van der Waals surface area (Å²) in [5.74, 6) is -8.39. The summed E-state index contributed by atoms with van der Waals surface area (Å²) >= 11 is 0. The third kappa shape index (κ3) is 18.3. The van der Waals surface area contributed by atoms with Crippen molar-refractivity contribution in [1.29, 1.82) is 0 Å². The number of carboxylic acids is 5. The summed E-state index contributed by atoms with van der Waals surface area (Å²) in [7, 11) is 0. The zero-order chi connectivity index (χ0) is 17.2. The molecule has 0 fully saturated rings. The minimum Gasteiger partial charge on any atom is -0.550 e. The van der Waals surface area contributed by atoms with Gasteiger partial charge in [0.1, 0.15) is 0 Å². The minimum atomic E-state index is -2.86. The summed E-state index contributed by atoms with van der Waals surface area (Å²) in [6.07, 6.45) is -3.53. The quantitative estimate of drug-likeness (QED) is 0.353. The van der Waals surface area contributed by atoms with Crippen LogP contribution in [0, 0.1) is 0 Å². The number of aliphatic carboxylic acids is 5. The predicted molar refractivity (Wildman–Crippen MR) is 51.1 cm³/mol. The van der Waals surface area contributed by atoms with Crippen molar-refractivity contribution in [3.8, 4) is 0 Å². The fourth-order valence-electron chi connectivity index (χ4n) is 0.895. The normalized spacial score (nSPS) is 9.09. The Morgan fingerprint density at radius 1 is 0.696 bits per heavy atom. The topological polar surface area (TPSA) is 218 Å². The summed E-state index contributed by atoms with van der Waals surface area (Å²) in [6.45, 7) is 0. The van der Waals surface area contributed by atoms with Gasteiger partial charge in [0.05, 0.1) is 0 Å². The van der Waals surface area contributed by atoms with Crippen LogP contribution in [0.2, 0.25) is 0 Å². The molecule has 0 aromatic heterocycles. The van der Waals surface area contributed by atoms with Crippen LogP contribution >= 0.6 is 0 Å². The molecule has 2 N–H and O–H groups in total. The van der Waals surface area contributed by atoms with Crippen LogP contribution in [-0.4, -0.2) is 45.7 Å². The van der Waals surface area contributed by atoms with Crippen molar-refractivity contribution in [1.82, 2.24) is 0 Å². The van der Waals surface area contributed by atoms with Gasteiger partial charge < -0.3 is 49.8 Å². The van der Waals surface area contributed by atoms with E-state index < -0.39 is 61.1 Å². The van der Waals surface area contributed by atoms with Crippen molar-refractivity contribution in [2.75, 3.05) is 0 Å². The smallest absolute Gasteiger partial charge is 0.550 e. The van der Waals surface area contributed by atoms with Gasteiger partial charge in [-0.25, -0.2) is 4.79 Å². The Morgan fingerprint density at radius 3 is 1.09 bits per heavy atom. The fraction of sp³-hybridized carbons (Fsp3) is 0.500. The molecule has 0 aliphatic carbocycles. The monoisotopic (exact) mass is 418 g/mol. The summed E-state index contributed by atoms with van der Waals surface area (Å²) in [6, 6.07) is 0. The van der Waals surface area contributed by atoms with Gasteiger partial charge in [-0.1, -0.05) is 0 Å². The van der Waals surface area contributed by atoms with Crippen LogP contribution in [0.15, 0.2) is 0 Å². The Bertz CT molecular complexity index is 405. The standard InChI is InChI=1S/C6H8O7.C4H6O4.2Fe/c7-3(8)1-6(13,5(11)12)2-4(9)10;5-3(6)1-2-4(7)8;;/h13H,1-2H2,(H,7,8)(H,9,10)(H,11,12);1-2H2,(H,5,6)(H,7,8);;/q;;2*+2/p-4. The van der Waals surface area contributed by atoms with E-state index in [0.717, 1.165) is 0 Å². The van der Waals surface area contributed by atoms with E-state index in [1.165, 1.54) is 0 Å². The molecule has 0 spiro atoms. The maximum atomic E-state index is 10.3. The predicted octanol–water partition coefficient (Wildman–Crippen LogP) is -6.66. The van der Waals surface area contributed by atoms with E-state index in [-0.39, 0.29) is 34.1 Å². The number of rotatable bonds is 8. The third-order valence-electron chi connectivity index (χ3n) is 1.80. The van der Waals surface area contributed by atoms with Crippen LogP contribution in [0.1, 0.15) is 25.7 Å². The number of aliphatic hydroxyl groups is 1. The largest absolute Gasteiger partial charge is 2.00 e. The Labute approximate surface area is 150 Å². The second kappa shape index (κ2) is 14.0. The van der Waals surface area contributed by atoms with Crippen molar-refractivity contribution >= 4 is 29.8 Å². The number of carboxylic acid groups (broad SMARTS) is 5. The second-order valence-corrected chi connectivity index (χ2v) is 3.68. The van der Waals surface area contributed by atoms with Gasteiger partial charge in [-0.15, -0.1) is 0 Å². The summed E-state index contributed by atoms with van der Waals surface area (Å²) < 4.78 is 0. The molecular weight excluding hydrogens is 408 g/mol. The Morgan fingerprint density at radius 2 is 0.957 bits per heavy atom. The van der Waals surface area contributed by atoms with E-state index >= 15 is 0 Å². The molecular formula is C10H10Fe2O11. The molecule has 0 aliphatic heterocycles. The minimum absolute atomic E-state index is 0. The van der Waals surface area contributed by atoms with Crippen molar-refractivity contribution in [3.05, 3.63) is 0 Å². The molecule has 13 heteroatoms. The van der Waals surface area contributed by atoms with Crippen LogP contribution in [0.5, 0.6) is 0 Å². The summed E-state index contributed by atoms with van der Waals surface area (Å²) in [4.78, 5) is 49.2. The Kier molecular flexibility index (Phi) is 17.8. The molecule has 0 unspecified atom stereocenters. The average molecular weight is 418 g/mol. The van der Waals surface area contributed by atoms with Gasteiger partial charge in [0, 0.05) is 36.7 Å². The summed E-state index contributed by atoms with van der Waals surface area (Å²) in [5, 5.41) is 56.2. The first kappa shape index (κ1) is 29.4. The molecule has 0 radical (unpaired) electrons. The molecule has 0 amide bonds. The van der Waals surface area contributed by atoms with E-state index in [1.807, 2.05) is 0 Å². The number of carbonyl (C=O) groups excluding carboxylic acids is 4. The van der Waals surface area contributed by atoms with Gasteiger partial charge in [0.15, 0.2) is 5.60 Å². The van der Waals surface area contributed by atoms with Gasteiger partial charge in [0.2, 0.25) is 0 Å². The first-order valence-corrected chi connectivity index (χ1v) is 5.16. The molecule has 0 bridgehead atoms. The van der Waals surface area contributed by atoms with Gasteiger partial charge in [-0.05, 0) is 12.8 Å². The van der Waals surface area contributed by atoms with Crippen LogP contribution in [0.25, 0.3) is 0 Å². The number of carbonyl (C=O) groups is 5. The van der Waals surface area contributed by atoms with Gasteiger partial charge in [-0.3, -0.25) is 0 Å². The van der Waals surface area contributed by atoms with Gasteiger partial charge in [-0.2, -0.15) is 0 Å². The van der Waals surface area contributed by atoms with Crippen LogP contribution in [0.4, 0.5) is 0 Å². The molecule has 0 aromatic rings. The number of hydrogen-bond donors (Lipinski definition) is 2. The van der Waals surface area contributed by atoms with E-state index in [2.05, 4.69) is 0 Å². The first-order valence-electron chi connectivity index (χ1n) is 5.16. The van der Waals surface area contributed by atoms with Crippen molar-refractivity contribution < 1.29 is 88.7 Å². The molecule has 0 saturated heterocycles. The molecule has 0 saturated carbocycles. The fourth-order valence-corrected chi connectivity index (χ4v) is 0.895. The van der Waals surface area contributed by atoms with E-state index in [9.17, 15) is 44.4 Å².